The fourth-order valence-electron chi connectivity index (χ4n) is 1.27. The Kier molecular flexibility index (Phi) is 3.90. The Labute approximate surface area is 104 Å². The Morgan fingerprint density at radius 1 is 1.24 bits per heavy atom. The van der Waals surface area contributed by atoms with Gasteiger partial charge in [0.15, 0.2) is 0 Å². The molecule has 0 aliphatic carbocycles. The van der Waals surface area contributed by atoms with Crippen LogP contribution >= 0.6 is 11.6 Å². The second-order valence-corrected chi connectivity index (χ2v) is 3.85. The van der Waals surface area contributed by atoms with Gasteiger partial charge >= 0.3 is 0 Å². The van der Waals surface area contributed by atoms with Gasteiger partial charge in [-0.1, -0.05) is 11.6 Å². The minimum Gasteiger partial charge on any atom is -0.490 e. The molecule has 2 aromatic rings. The molecule has 0 bridgehead atoms. The van der Waals surface area contributed by atoms with Crippen LogP contribution in [0.25, 0.3) is 0 Å². The van der Waals surface area contributed by atoms with E-state index >= 15 is 0 Å². The molecule has 0 radical (unpaired) electrons. The van der Waals surface area contributed by atoms with E-state index in [0.717, 1.165) is 0 Å². The summed E-state index contributed by atoms with van der Waals surface area (Å²) < 4.78 is 5.40. The van der Waals surface area contributed by atoms with E-state index < -0.39 is 6.10 Å². The van der Waals surface area contributed by atoms with Crippen molar-refractivity contribution >= 4 is 11.6 Å². The Bertz CT molecular complexity index is 462. The molecule has 0 fully saturated rings. The number of benzene rings is 1. The number of aliphatic hydroxyl groups is 1. The summed E-state index contributed by atoms with van der Waals surface area (Å²) in [6, 6.07) is 6.94. The topological polar surface area (TPSA) is 55.2 Å². The molecule has 1 aromatic heterocycles. The van der Waals surface area contributed by atoms with E-state index in [4.69, 9.17) is 16.3 Å². The van der Waals surface area contributed by atoms with Crippen molar-refractivity contribution in [2.45, 2.75) is 6.10 Å². The predicted octanol–water partition coefficient (Wildman–Crippen LogP) is 2.24. The van der Waals surface area contributed by atoms with Crippen LogP contribution < -0.4 is 4.74 Å². The van der Waals surface area contributed by atoms with Crippen LogP contribution in [0, 0.1) is 0 Å². The number of halogens is 1. The average Bonchev–Trinajstić information content (AvgIpc) is 2.39. The smallest absolute Gasteiger partial charge is 0.131 e. The predicted molar refractivity (Wildman–Crippen MR) is 63.9 cm³/mol. The van der Waals surface area contributed by atoms with Gasteiger partial charge in [0.25, 0.3) is 0 Å². The zero-order valence-corrected chi connectivity index (χ0v) is 9.71. The highest BCUT2D eigenvalue weighted by Crippen LogP contribution is 2.17. The normalized spacial score (nSPS) is 12.1. The number of aliphatic hydroxyl groups excluding tert-OH is 1. The van der Waals surface area contributed by atoms with Gasteiger partial charge in [-0.15, -0.1) is 0 Å². The monoisotopic (exact) mass is 250 g/mol. The number of nitrogens with zero attached hydrogens (tertiary/aromatic N) is 2. The first-order valence-electron chi connectivity index (χ1n) is 5.08. The fraction of sp³-hybridized carbons (Fsp3) is 0.167. The maximum Gasteiger partial charge on any atom is 0.131 e. The maximum absolute atomic E-state index is 9.78. The van der Waals surface area contributed by atoms with Gasteiger partial charge in [-0.3, -0.25) is 9.97 Å². The summed E-state index contributed by atoms with van der Waals surface area (Å²) in [6.45, 7) is 0.125. The second-order valence-electron chi connectivity index (χ2n) is 3.41. The number of hydrogen-bond donors (Lipinski definition) is 1. The second kappa shape index (κ2) is 5.61. The molecule has 0 aliphatic heterocycles. The molecule has 1 atom stereocenters. The first kappa shape index (κ1) is 11.8. The van der Waals surface area contributed by atoms with Gasteiger partial charge in [0, 0.05) is 17.4 Å². The molecule has 1 heterocycles. The zero-order valence-electron chi connectivity index (χ0n) is 8.95. The molecular weight excluding hydrogens is 240 g/mol. The summed E-state index contributed by atoms with van der Waals surface area (Å²) in [5, 5.41) is 10.4. The van der Waals surface area contributed by atoms with Gasteiger partial charge in [0.2, 0.25) is 0 Å². The Balaban J connectivity index is 1.92. The summed E-state index contributed by atoms with van der Waals surface area (Å²) in [5.41, 5.74) is 0.487. The van der Waals surface area contributed by atoms with Gasteiger partial charge in [-0.2, -0.15) is 0 Å². The lowest BCUT2D eigenvalue weighted by Gasteiger charge is -2.11. The van der Waals surface area contributed by atoms with Crippen LogP contribution in [0.2, 0.25) is 5.02 Å². The summed E-state index contributed by atoms with van der Waals surface area (Å²) in [4.78, 5) is 7.87. The minimum absolute atomic E-state index is 0.125. The highest BCUT2D eigenvalue weighted by atomic mass is 35.5. The quantitative estimate of drug-likeness (QED) is 0.904. The van der Waals surface area contributed by atoms with E-state index in [1.165, 1.54) is 12.4 Å². The minimum atomic E-state index is -0.792. The lowest BCUT2D eigenvalue weighted by Crippen LogP contribution is -2.11. The van der Waals surface area contributed by atoms with Crippen molar-refractivity contribution in [1.29, 1.82) is 0 Å². The van der Waals surface area contributed by atoms with Crippen molar-refractivity contribution in [1.82, 2.24) is 9.97 Å². The highest BCUT2D eigenvalue weighted by molar-refractivity contribution is 6.30. The third kappa shape index (κ3) is 3.41. The number of hydrogen-bond acceptors (Lipinski definition) is 4. The molecule has 0 amide bonds. The van der Waals surface area contributed by atoms with E-state index in [0.29, 0.717) is 16.5 Å². The molecule has 88 valence electrons. The van der Waals surface area contributed by atoms with Gasteiger partial charge < -0.3 is 9.84 Å². The molecule has 0 saturated heterocycles. The SMILES string of the molecule is OC(COc1ccc(Cl)cc1)c1cnccn1. The van der Waals surface area contributed by atoms with Crippen molar-refractivity contribution in [3.63, 3.8) is 0 Å². The van der Waals surface area contributed by atoms with Gasteiger partial charge in [0.1, 0.15) is 18.5 Å². The third-order valence-corrected chi connectivity index (χ3v) is 2.40. The van der Waals surface area contributed by atoms with E-state index in [1.807, 2.05) is 0 Å². The fourth-order valence-corrected chi connectivity index (χ4v) is 1.40. The molecule has 4 nitrogen and oxygen atoms in total. The van der Waals surface area contributed by atoms with Gasteiger partial charge in [0.05, 0.1) is 11.9 Å². The van der Waals surface area contributed by atoms with Crippen LogP contribution in [0.4, 0.5) is 0 Å². The third-order valence-electron chi connectivity index (χ3n) is 2.15. The van der Waals surface area contributed by atoms with E-state index in [2.05, 4.69) is 9.97 Å². The van der Waals surface area contributed by atoms with Crippen LogP contribution in [0.15, 0.2) is 42.9 Å². The van der Waals surface area contributed by atoms with Crippen LogP contribution in [0.3, 0.4) is 0 Å². The van der Waals surface area contributed by atoms with Gasteiger partial charge in [-0.05, 0) is 24.3 Å². The van der Waals surface area contributed by atoms with Crippen molar-refractivity contribution in [2.75, 3.05) is 6.61 Å². The molecule has 1 unspecified atom stereocenters. The lowest BCUT2D eigenvalue weighted by atomic mass is 10.3. The molecule has 1 aromatic carbocycles. The zero-order chi connectivity index (χ0) is 12.1. The van der Waals surface area contributed by atoms with Crippen molar-refractivity contribution in [2.24, 2.45) is 0 Å². The number of ether oxygens (including phenoxy) is 1. The van der Waals surface area contributed by atoms with E-state index in [9.17, 15) is 5.11 Å². The first-order valence-corrected chi connectivity index (χ1v) is 5.46. The summed E-state index contributed by atoms with van der Waals surface area (Å²) in [7, 11) is 0. The Morgan fingerprint density at radius 2 is 2.00 bits per heavy atom. The summed E-state index contributed by atoms with van der Waals surface area (Å²) in [5.74, 6) is 0.650. The largest absolute Gasteiger partial charge is 0.490 e. The average molecular weight is 251 g/mol. The Hall–Kier alpha value is -1.65. The van der Waals surface area contributed by atoms with Crippen molar-refractivity contribution in [3.8, 4) is 5.75 Å². The van der Waals surface area contributed by atoms with E-state index in [-0.39, 0.29) is 6.61 Å². The molecule has 17 heavy (non-hydrogen) atoms. The Morgan fingerprint density at radius 3 is 2.65 bits per heavy atom. The molecule has 0 spiro atoms. The maximum atomic E-state index is 9.78. The first-order chi connectivity index (χ1) is 8.25. The van der Waals surface area contributed by atoms with Gasteiger partial charge in [-0.25, -0.2) is 0 Å². The lowest BCUT2D eigenvalue weighted by molar-refractivity contribution is 0.104. The highest BCUT2D eigenvalue weighted by Gasteiger charge is 2.09. The van der Waals surface area contributed by atoms with E-state index in [1.54, 1.807) is 30.5 Å². The number of aromatic nitrogens is 2. The molecular formula is C12H11ClN2O2. The summed E-state index contributed by atoms with van der Waals surface area (Å²) >= 11 is 5.75. The van der Waals surface area contributed by atoms with Crippen molar-refractivity contribution in [3.05, 3.63) is 53.6 Å². The van der Waals surface area contributed by atoms with Crippen LogP contribution in [0.1, 0.15) is 11.8 Å². The standard InChI is InChI=1S/C12H11ClN2O2/c13-9-1-3-10(4-2-9)17-8-12(16)11-7-14-5-6-15-11/h1-7,12,16H,8H2. The summed E-state index contributed by atoms with van der Waals surface area (Å²) in [6.07, 6.45) is 3.80. The number of rotatable bonds is 4. The molecule has 0 saturated carbocycles. The van der Waals surface area contributed by atoms with Crippen molar-refractivity contribution < 1.29 is 9.84 Å². The van der Waals surface area contributed by atoms with Crippen LogP contribution in [0.5, 0.6) is 5.75 Å². The molecule has 2 rings (SSSR count). The molecule has 5 heteroatoms. The molecule has 0 aliphatic rings. The van der Waals surface area contributed by atoms with Crippen LogP contribution in [-0.2, 0) is 0 Å². The molecule has 1 N–H and O–H groups in total. The van der Waals surface area contributed by atoms with Crippen LogP contribution in [-0.4, -0.2) is 21.7 Å².